The first-order valence-corrected chi connectivity index (χ1v) is 13.3. The van der Waals surface area contributed by atoms with Gasteiger partial charge in [0.1, 0.15) is 73.4 Å². The van der Waals surface area contributed by atoms with E-state index in [9.17, 15) is 30.6 Å². The van der Waals surface area contributed by atoms with Gasteiger partial charge in [-0.25, -0.2) is 0 Å². The van der Waals surface area contributed by atoms with E-state index < -0.39 is 91.7 Å². The molecule has 40 heavy (non-hydrogen) atoms. The summed E-state index contributed by atoms with van der Waals surface area (Å²) in [5, 5.41) is 63.1. The van der Waals surface area contributed by atoms with Gasteiger partial charge in [-0.15, -0.1) is 0 Å². The fourth-order valence-corrected chi connectivity index (χ4v) is 5.20. The molecule has 1 saturated carbocycles. The zero-order valence-corrected chi connectivity index (χ0v) is 22.1. The van der Waals surface area contributed by atoms with Crippen LogP contribution in [0.5, 0.6) is 5.75 Å². The maximum Gasteiger partial charge on any atom is 0.187 e. The zero-order valence-electron chi connectivity index (χ0n) is 22.1. The number of ether oxygens (including phenoxy) is 5. The predicted molar refractivity (Wildman–Crippen MR) is 137 cm³/mol. The number of aryl methyl sites for hydroxylation is 1. The summed E-state index contributed by atoms with van der Waals surface area (Å²) in [6.07, 6.45) is -16.2. The summed E-state index contributed by atoms with van der Waals surface area (Å²) < 4.78 is 28.7. The van der Waals surface area contributed by atoms with Gasteiger partial charge in [0.2, 0.25) is 0 Å². The van der Waals surface area contributed by atoms with Gasteiger partial charge in [0.05, 0.1) is 6.04 Å². The molecule has 2 saturated heterocycles. The first-order valence-electron chi connectivity index (χ1n) is 13.3. The van der Waals surface area contributed by atoms with E-state index in [1.54, 1.807) is 12.1 Å². The van der Waals surface area contributed by atoms with E-state index in [2.05, 4.69) is 0 Å². The van der Waals surface area contributed by atoms with E-state index in [1.807, 2.05) is 19.1 Å². The van der Waals surface area contributed by atoms with E-state index in [4.69, 9.17) is 46.6 Å². The summed E-state index contributed by atoms with van der Waals surface area (Å²) >= 11 is 0. The molecule has 15 heteroatoms. The topological polar surface area (TPSA) is 272 Å². The van der Waals surface area contributed by atoms with Crippen molar-refractivity contribution < 1.29 is 54.3 Å². The molecule has 3 aliphatic rings. The van der Waals surface area contributed by atoms with Gasteiger partial charge in [0.25, 0.3) is 0 Å². The normalized spacial score (nSPS) is 46.2. The van der Waals surface area contributed by atoms with Crippen molar-refractivity contribution in [2.45, 2.75) is 105 Å². The fraction of sp³-hybridized carbons (Fsp3) is 0.760. The molecular weight excluding hydrogens is 532 g/mol. The lowest BCUT2D eigenvalue weighted by atomic mass is 9.84. The van der Waals surface area contributed by atoms with Gasteiger partial charge in [-0.3, -0.25) is 0 Å². The van der Waals surface area contributed by atoms with Crippen LogP contribution >= 0.6 is 0 Å². The molecule has 15 nitrogen and oxygen atoms in total. The minimum absolute atomic E-state index is 0.0954. The summed E-state index contributed by atoms with van der Waals surface area (Å²) in [6, 6.07) is 4.42. The van der Waals surface area contributed by atoms with E-state index in [-0.39, 0.29) is 19.6 Å². The average Bonchev–Trinajstić information content (AvgIpc) is 2.93. The minimum atomic E-state index is -1.66. The molecule has 15 atom stereocenters. The van der Waals surface area contributed by atoms with Gasteiger partial charge < -0.3 is 77.3 Å². The highest BCUT2D eigenvalue weighted by Crippen LogP contribution is 2.31. The average molecular weight is 575 g/mol. The molecule has 0 unspecified atom stereocenters. The first-order chi connectivity index (χ1) is 18.9. The Morgan fingerprint density at radius 1 is 0.725 bits per heavy atom. The van der Waals surface area contributed by atoms with Crippen molar-refractivity contribution in [3.8, 4) is 5.75 Å². The Kier molecular flexibility index (Phi) is 10.3. The molecule has 0 aromatic heterocycles. The lowest BCUT2D eigenvalue weighted by Crippen LogP contribution is -2.68. The predicted octanol–water partition coefficient (Wildman–Crippen LogP) is -4.90. The van der Waals surface area contributed by atoms with Crippen LogP contribution in [0.3, 0.4) is 0 Å². The highest BCUT2D eigenvalue weighted by atomic mass is 16.7. The standard InChI is InChI=1S/C25H42N4O11/c1-9-2-4-10(5-3-9)36-8-14-16(30)15(29)18(32)24(38-14)39-22-11(27)6-12(28)23(21(22)35)40-25-20(34)19(33)17(31)13(7-26)37-25/h2-5,11-25,30-35H,6-8,26-29H2,1H3/t11-,12+,13-,14-,15+,16-,17-,18-,19+,20-,21-,22+,23-,24-,25-/m1/s1. The Bertz CT molecular complexity index is 946. The van der Waals surface area contributed by atoms with Crippen molar-refractivity contribution >= 4 is 0 Å². The number of aliphatic hydroxyl groups excluding tert-OH is 6. The molecule has 4 rings (SSSR count). The third-order valence-electron chi connectivity index (χ3n) is 7.74. The molecule has 14 N–H and O–H groups in total. The molecule has 0 radical (unpaired) electrons. The van der Waals surface area contributed by atoms with Crippen LogP contribution in [-0.2, 0) is 18.9 Å². The Hall–Kier alpha value is -1.54. The second-order valence-corrected chi connectivity index (χ2v) is 10.7. The Labute approximate surface area is 231 Å². The molecule has 2 heterocycles. The second-order valence-electron chi connectivity index (χ2n) is 10.7. The van der Waals surface area contributed by atoms with Crippen LogP contribution in [0.4, 0.5) is 0 Å². The SMILES string of the molecule is Cc1ccc(OC[C@H]2O[C@H](O[C@@H]3[C@@H](O)[C@H](O[C@H]4O[C@H](CN)[C@@H](O)[C@H](O)[C@H]4O)[C@@H](N)C[C@H]3N)[C@H](O)[C@@H](N)[C@@H]2O)cc1. The number of hydrogen-bond acceptors (Lipinski definition) is 15. The highest BCUT2D eigenvalue weighted by Gasteiger charge is 2.51. The summed E-state index contributed by atoms with van der Waals surface area (Å²) in [5.74, 6) is 0.541. The van der Waals surface area contributed by atoms with Crippen molar-refractivity contribution in [3.05, 3.63) is 29.8 Å². The molecule has 0 spiro atoms. The van der Waals surface area contributed by atoms with Crippen molar-refractivity contribution in [2.24, 2.45) is 22.9 Å². The Morgan fingerprint density at radius 2 is 1.27 bits per heavy atom. The molecule has 2 aliphatic heterocycles. The lowest BCUT2D eigenvalue weighted by Gasteiger charge is -2.48. The lowest BCUT2D eigenvalue weighted by molar-refractivity contribution is -0.331. The van der Waals surface area contributed by atoms with Crippen LogP contribution in [0.2, 0.25) is 0 Å². The zero-order chi connectivity index (χ0) is 29.3. The highest BCUT2D eigenvalue weighted by molar-refractivity contribution is 5.26. The molecule has 228 valence electrons. The third-order valence-corrected chi connectivity index (χ3v) is 7.74. The maximum atomic E-state index is 11.2. The molecule has 1 aromatic rings. The number of hydrogen-bond donors (Lipinski definition) is 10. The number of rotatable bonds is 8. The molecule has 0 amide bonds. The first kappa shape index (κ1) is 31.4. The molecule has 3 fully saturated rings. The van der Waals surface area contributed by atoms with Crippen LogP contribution in [0.15, 0.2) is 24.3 Å². The van der Waals surface area contributed by atoms with Crippen LogP contribution < -0.4 is 27.7 Å². The quantitative estimate of drug-likeness (QED) is 0.139. The summed E-state index contributed by atoms with van der Waals surface area (Å²) in [5.41, 5.74) is 25.1. The Balaban J connectivity index is 1.43. The largest absolute Gasteiger partial charge is 0.491 e. The van der Waals surface area contributed by atoms with Crippen molar-refractivity contribution in [2.75, 3.05) is 13.2 Å². The van der Waals surface area contributed by atoms with Crippen molar-refractivity contribution in [1.82, 2.24) is 0 Å². The Morgan fingerprint density at radius 3 is 1.85 bits per heavy atom. The van der Waals surface area contributed by atoms with E-state index in [0.717, 1.165) is 5.56 Å². The van der Waals surface area contributed by atoms with Gasteiger partial charge in [-0.2, -0.15) is 0 Å². The van der Waals surface area contributed by atoms with Gasteiger partial charge >= 0.3 is 0 Å². The molecule has 1 aromatic carbocycles. The van der Waals surface area contributed by atoms with Crippen LogP contribution in [-0.4, -0.2) is 136 Å². The number of aliphatic hydroxyl groups is 6. The van der Waals surface area contributed by atoms with Crippen LogP contribution in [0.1, 0.15) is 12.0 Å². The van der Waals surface area contributed by atoms with Crippen molar-refractivity contribution in [1.29, 1.82) is 0 Å². The van der Waals surface area contributed by atoms with E-state index in [1.165, 1.54) is 0 Å². The summed E-state index contributed by atoms with van der Waals surface area (Å²) in [7, 11) is 0. The monoisotopic (exact) mass is 574 g/mol. The fourth-order valence-electron chi connectivity index (χ4n) is 5.20. The molecular formula is C25H42N4O11. The maximum absolute atomic E-state index is 11.2. The number of nitrogens with two attached hydrogens (primary N) is 4. The van der Waals surface area contributed by atoms with Gasteiger partial charge in [-0.05, 0) is 25.5 Å². The smallest absolute Gasteiger partial charge is 0.187 e. The second kappa shape index (κ2) is 13.2. The van der Waals surface area contributed by atoms with Gasteiger partial charge in [-0.1, -0.05) is 17.7 Å². The third kappa shape index (κ3) is 6.58. The van der Waals surface area contributed by atoms with Crippen LogP contribution in [0.25, 0.3) is 0 Å². The van der Waals surface area contributed by atoms with Gasteiger partial charge in [0, 0.05) is 18.6 Å². The van der Waals surface area contributed by atoms with Crippen molar-refractivity contribution in [3.63, 3.8) is 0 Å². The molecule has 0 bridgehead atoms. The molecule has 1 aliphatic carbocycles. The summed E-state index contributed by atoms with van der Waals surface area (Å²) in [6.45, 7) is 1.66. The van der Waals surface area contributed by atoms with E-state index in [0.29, 0.717) is 5.75 Å². The minimum Gasteiger partial charge on any atom is -0.491 e. The van der Waals surface area contributed by atoms with E-state index >= 15 is 0 Å². The number of benzene rings is 1. The summed E-state index contributed by atoms with van der Waals surface area (Å²) in [4.78, 5) is 0. The van der Waals surface area contributed by atoms with Gasteiger partial charge in [0.15, 0.2) is 12.6 Å². The van der Waals surface area contributed by atoms with Crippen LogP contribution in [0, 0.1) is 6.92 Å².